The second-order valence-electron chi connectivity index (χ2n) is 14.8. The molecule has 1 fully saturated rings. The van der Waals surface area contributed by atoms with Gasteiger partial charge in [-0.25, -0.2) is 4.98 Å². The quantitative estimate of drug-likeness (QED) is 0.151. The van der Waals surface area contributed by atoms with Gasteiger partial charge in [-0.1, -0.05) is 160 Å². The number of rotatable bonds is 8. The molecular weight excluding hydrogens is 629 g/mol. The van der Waals surface area contributed by atoms with Crippen LogP contribution in [0.2, 0.25) is 0 Å². The van der Waals surface area contributed by atoms with Gasteiger partial charge in [0, 0.05) is 17.2 Å². The maximum atomic E-state index is 7.68. The predicted molar refractivity (Wildman–Crippen MR) is 206 cm³/mol. The van der Waals surface area contributed by atoms with Crippen LogP contribution in [0.25, 0.3) is 22.6 Å². The van der Waals surface area contributed by atoms with Crippen LogP contribution >= 0.6 is 0 Å². The molecule has 6 aromatic rings. The predicted octanol–water partition coefficient (Wildman–Crippen LogP) is 9.05. The van der Waals surface area contributed by atoms with Crippen molar-refractivity contribution in [3.63, 3.8) is 0 Å². The van der Waals surface area contributed by atoms with Crippen molar-refractivity contribution in [2.75, 3.05) is 6.54 Å². The van der Waals surface area contributed by atoms with E-state index in [1.165, 1.54) is 27.1 Å². The molecule has 1 saturated heterocycles. The molecule has 252 valence electrons. The molecule has 4 nitrogen and oxygen atoms in total. The Morgan fingerprint density at radius 2 is 1.30 bits per heavy atom. The number of likely N-dealkylation sites (tertiary alicyclic amines) is 1. The molecule has 1 aliphatic carbocycles. The molecular formula is C45H46N2O2Si. The van der Waals surface area contributed by atoms with Crippen LogP contribution in [0, 0.1) is 0 Å². The Hall–Kier alpha value is -4.55. The molecule has 8 rings (SSSR count). The van der Waals surface area contributed by atoms with E-state index in [2.05, 4.69) is 165 Å². The number of fused-ring (bicyclic) bond motifs is 1. The Bertz CT molecular complexity index is 1930. The summed E-state index contributed by atoms with van der Waals surface area (Å²) in [4.78, 5) is 8.00. The van der Waals surface area contributed by atoms with Gasteiger partial charge in [-0.2, -0.15) is 0 Å². The summed E-state index contributed by atoms with van der Waals surface area (Å²) in [7, 11) is -2.07. The van der Waals surface area contributed by atoms with Crippen LogP contribution in [0.15, 0.2) is 144 Å². The van der Waals surface area contributed by atoms with Crippen LogP contribution in [0.1, 0.15) is 74.8 Å². The Balaban J connectivity index is 1.22. The SMILES string of the molecule is CC(C)(C)c1cccc2c1CCC(N1CCCC1c1nc(-c3ccccc3)c(-c3ccccc3)o1)C2O[SiH](c1ccccc1)c1ccccc1. The highest BCUT2D eigenvalue weighted by molar-refractivity contribution is 6.80. The number of oxazole rings is 1. The monoisotopic (exact) mass is 674 g/mol. The highest BCUT2D eigenvalue weighted by Gasteiger charge is 2.44. The summed E-state index contributed by atoms with van der Waals surface area (Å²) >= 11 is 0. The summed E-state index contributed by atoms with van der Waals surface area (Å²) in [5.74, 6) is 1.66. The molecule has 2 heterocycles. The molecule has 3 atom stereocenters. The minimum absolute atomic E-state index is 0.0500. The fourth-order valence-corrected chi connectivity index (χ4v) is 10.7. The smallest absolute Gasteiger partial charge is 0.240 e. The van der Waals surface area contributed by atoms with E-state index in [1.54, 1.807) is 0 Å². The lowest BCUT2D eigenvalue weighted by Gasteiger charge is -2.43. The topological polar surface area (TPSA) is 38.5 Å². The van der Waals surface area contributed by atoms with Crippen LogP contribution in [-0.4, -0.2) is 31.5 Å². The van der Waals surface area contributed by atoms with Gasteiger partial charge in [0.1, 0.15) is 5.69 Å². The maximum Gasteiger partial charge on any atom is 0.240 e. The van der Waals surface area contributed by atoms with E-state index in [9.17, 15) is 0 Å². The van der Waals surface area contributed by atoms with Crippen molar-refractivity contribution in [1.82, 2.24) is 9.88 Å². The molecule has 3 unspecified atom stereocenters. The van der Waals surface area contributed by atoms with Gasteiger partial charge in [-0.05, 0) is 64.7 Å². The van der Waals surface area contributed by atoms with Crippen molar-refractivity contribution in [2.24, 2.45) is 0 Å². The second kappa shape index (κ2) is 14.0. The van der Waals surface area contributed by atoms with Crippen molar-refractivity contribution < 1.29 is 8.84 Å². The van der Waals surface area contributed by atoms with E-state index in [0.29, 0.717) is 0 Å². The molecule has 0 bridgehead atoms. The molecule has 0 saturated carbocycles. The Kier molecular flexibility index (Phi) is 9.13. The fraction of sp³-hybridized carbons (Fsp3) is 0.267. The van der Waals surface area contributed by atoms with E-state index in [-0.39, 0.29) is 23.6 Å². The fourth-order valence-electron chi connectivity index (χ4n) is 8.27. The van der Waals surface area contributed by atoms with E-state index in [0.717, 1.165) is 60.7 Å². The first-order valence-electron chi connectivity index (χ1n) is 18.2. The second-order valence-corrected chi connectivity index (χ2v) is 17.2. The van der Waals surface area contributed by atoms with Gasteiger partial charge in [0.05, 0.1) is 12.1 Å². The van der Waals surface area contributed by atoms with Crippen LogP contribution in [0.4, 0.5) is 0 Å². The molecule has 5 heteroatoms. The molecule has 50 heavy (non-hydrogen) atoms. The standard InChI is InChI=1S/C45H46N2O2Si/c1-45(2,3)38-27-16-26-37-36(38)29-30-39(43(37)49-50(34-22-12-6-13-23-34)35-24-14-7-15-25-35)47-31-17-28-40(47)44-46-41(32-18-8-4-9-19-32)42(48-44)33-20-10-5-11-21-33/h4-16,18-27,39-40,43,50H,17,28-31H2,1-3H3. The summed E-state index contributed by atoms with van der Waals surface area (Å²) in [5, 5.41) is 2.62. The average Bonchev–Trinajstić information content (AvgIpc) is 3.83. The van der Waals surface area contributed by atoms with E-state index < -0.39 is 9.04 Å². The number of hydrogen-bond acceptors (Lipinski definition) is 4. The van der Waals surface area contributed by atoms with Crippen molar-refractivity contribution in [3.8, 4) is 22.6 Å². The van der Waals surface area contributed by atoms with Gasteiger partial charge in [-0.3, -0.25) is 4.90 Å². The summed E-state index contributed by atoms with van der Waals surface area (Å²) in [6.45, 7) is 8.01. The van der Waals surface area contributed by atoms with Gasteiger partial charge >= 0.3 is 0 Å². The number of hydrogen-bond donors (Lipinski definition) is 0. The third-order valence-corrected chi connectivity index (χ3v) is 13.1. The lowest BCUT2D eigenvalue weighted by molar-refractivity contribution is 0.0390. The summed E-state index contributed by atoms with van der Waals surface area (Å²) in [6, 6.07) is 50.0. The molecule has 0 spiro atoms. The van der Waals surface area contributed by atoms with Crippen molar-refractivity contribution >= 4 is 19.4 Å². The third kappa shape index (κ3) is 6.42. The zero-order valence-electron chi connectivity index (χ0n) is 29.3. The first-order chi connectivity index (χ1) is 24.5. The molecule has 1 aromatic heterocycles. The minimum atomic E-state index is -2.07. The van der Waals surface area contributed by atoms with E-state index >= 15 is 0 Å². The van der Waals surface area contributed by atoms with E-state index in [1.807, 2.05) is 0 Å². The Morgan fingerprint density at radius 3 is 1.92 bits per heavy atom. The Labute approximate surface area is 298 Å². The number of aromatic nitrogens is 1. The first kappa shape index (κ1) is 32.6. The zero-order chi connectivity index (χ0) is 34.1. The van der Waals surface area contributed by atoms with Gasteiger partial charge in [-0.15, -0.1) is 0 Å². The highest BCUT2D eigenvalue weighted by Crippen LogP contribution is 2.46. The van der Waals surface area contributed by atoms with Crippen LogP contribution in [0.5, 0.6) is 0 Å². The maximum absolute atomic E-state index is 7.68. The number of benzene rings is 5. The molecule has 0 amide bonds. The first-order valence-corrected chi connectivity index (χ1v) is 19.8. The van der Waals surface area contributed by atoms with Crippen molar-refractivity contribution in [3.05, 3.63) is 162 Å². The van der Waals surface area contributed by atoms with Crippen molar-refractivity contribution in [2.45, 2.75) is 70.1 Å². The van der Waals surface area contributed by atoms with Crippen LogP contribution in [0.3, 0.4) is 0 Å². The van der Waals surface area contributed by atoms with Gasteiger partial charge < -0.3 is 8.84 Å². The van der Waals surface area contributed by atoms with Gasteiger partial charge in [0.2, 0.25) is 14.9 Å². The third-order valence-electron chi connectivity index (χ3n) is 10.6. The summed E-state index contributed by atoms with van der Waals surface area (Å²) in [6.07, 6.45) is 4.11. The average molecular weight is 675 g/mol. The minimum Gasteiger partial charge on any atom is -0.438 e. The van der Waals surface area contributed by atoms with Crippen LogP contribution in [-0.2, 0) is 16.3 Å². The Morgan fingerprint density at radius 1 is 0.700 bits per heavy atom. The zero-order valence-corrected chi connectivity index (χ0v) is 30.5. The normalized spacial score (nSPS) is 19.5. The lowest BCUT2D eigenvalue weighted by Crippen LogP contribution is -2.51. The molecule has 1 aliphatic heterocycles. The van der Waals surface area contributed by atoms with Gasteiger partial charge in [0.15, 0.2) is 5.76 Å². The highest BCUT2D eigenvalue weighted by atomic mass is 28.3. The van der Waals surface area contributed by atoms with Crippen molar-refractivity contribution in [1.29, 1.82) is 0 Å². The van der Waals surface area contributed by atoms with E-state index in [4.69, 9.17) is 13.8 Å². The molecule has 0 radical (unpaired) electrons. The lowest BCUT2D eigenvalue weighted by atomic mass is 9.75. The van der Waals surface area contributed by atoms with Crippen LogP contribution < -0.4 is 10.4 Å². The largest absolute Gasteiger partial charge is 0.438 e. The molecule has 2 aliphatic rings. The number of nitrogens with zero attached hydrogens (tertiary/aromatic N) is 2. The summed E-state index contributed by atoms with van der Waals surface area (Å²) < 4.78 is 14.5. The molecule has 5 aromatic carbocycles. The summed E-state index contributed by atoms with van der Waals surface area (Å²) in [5.41, 5.74) is 7.35. The molecule has 0 N–H and O–H groups in total. The van der Waals surface area contributed by atoms with Gasteiger partial charge in [0.25, 0.3) is 0 Å².